The Morgan fingerprint density at radius 3 is 2.68 bits per heavy atom. The fourth-order valence-corrected chi connectivity index (χ4v) is 4.04. The van der Waals surface area contributed by atoms with E-state index in [9.17, 15) is 4.79 Å². The zero-order valence-corrected chi connectivity index (χ0v) is 15.7. The lowest BCUT2D eigenvalue weighted by atomic mass is 9.98. The number of piperidine rings is 1. The number of hydrogen-bond acceptors (Lipinski definition) is 5. The summed E-state index contributed by atoms with van der Waals surface area (Å²) in [6, 6.07) is 8.05. The Balaban J connectivity index is 1.65. The van der Waals surface area contributed by atoms with Gasteiger partial charge in [-0.05, 0) is 38.8 Å². The number of methoxy groups -OCH3 is 1. The summed E-state index contributed by atoms with van der Waals surface area (Å²) < 4.78 is 5.41. The number of carbonyl (C=O) groups is 1. The minimum absolute atomic E-state index is 0.0282. The molecule has 1 aliphatic rings. The van der Waals surface area contributed by atoms with E-state index < -0.39 is 0 Å². The molecule has 2 heterocycles. The molecule has 134 valence electrons. The summed E-state index contributed by atoms with van der Waals surface area (Å²) in [7, 11) is 1.67. The van der Waals surface area contributed by atoms with Gasteiger partial charge in [-0.3, -0.25) is 0 Å². The van der Waals surface area contributed by atoms with Crippen LogP contribution >= 0.6 is 11.3 Å². The molecule has 0 aliphatic carbocycles. The minimum atomic E-state index is 0.0282. The van der Waals surface area contributed by atoms with Crippen molar-refractivity contribution < 1.29 is 9.53 Å². The molecule has 7 heteroatoms. The second-order valence-electron chi connectivity index (χ2n) is 6.51. The van der Waals surface area contributed by atoms with E-state index in [0.717, 1.165) is 47.3 Å². The fraction of sp³-hybridized carbons (Fsp3) is 0.500. The van der Waals surface area contributed by atoms with Gasteiger partial charge in [-0.15, -0.1) is 10.2 Å². The van der Waals surface area contributed by atoms with Gasteiger partial charge >= 0.3 is 6.03 Å². The molecule has 2 aromatic rings. The molecular weight excluding hydrogens is 336 g/mol. The third-order valence-corrected chi connectivity index (χ3v) is 5.44. The van der Waals surface area contributed by atoms with Crippen molar-refractivity contribution in [3.63, 3.8) is 0 Å². The second kappa shape index (κ2) is 7.82. The standard InChI is InChI=1S/C18H24N4O2S/c1-12(2)19-18(23)22-10-8-13(9-11-22)16-20-21-17(25-16)14-6-4-5-7-15(14)24-3/h4-7,12-13H,8-11H2,1-3H3,(H,19,23). The Kier molecular flexibility index (Phi) is 5.53. The van der Waals surface area contributed by atoms with E-state index in [2.05, 4.69) is 15.5 Å². The van der Waals surface area contributed by atoms with Gasteiger partial charge in [0.15, 0.2) is 5.01 Å². The zero-order valence-electron chi connectivity index (χ0n) is 14.9. The van der Waals surface area contributed by atoms with Crippen molar-refractivity contribution in [3.8, 4) is 16.3 Å². The maximum absolute atomic E-state index is 12.1. The van der Waals surface area contributed by atoms with Gasteiger partial charge in [0.05, 0.1) is 12.7 Å². The molecule has 0 spiro atoms. The van der Waals surface area contributed by atoms with Crippen molar-refractivity contribution in [2.75, 3.05) is 20.2 Å². The van der Waals surface area contributed by atoms with Gasteiger partial charge < -0.3 is 15.0 Å². The van der Waals surface area contributed by atoms with E-state index in [1.807, 2.05) is 43.0 Å². The SMILES string of the molecule is COc1ccccc1-c1nnc(C2CCN(C(=O)NC(C)C)CC2)s1. The monoisotopic (exact) mass is 360 g/mol. The molecular formula is C18H24N4O2S. The highest BCUT2D eigenvalue weighted by Crippen LogP contribution is 2.36. The molecule has 0 unspecified atom stereocenters. The van der Waals surface area contributed by atoms with Gasteiger partial charge in [0, 0.05) is 25.0 Å². The third kappa shape index (κ3) is 4.10. The van der Waals surface area contributed by atoms with Crippen LogP contribution in [0.3, 0.4) is 0 Å². The average Bonchev–Trinajstić information content (AvgIpc) is 3.11. The highest BCUT2D eigenvalue weighted by atomic mass is 32.1. The lowest BCUT2D eigenvalue weighted by Gasteiger charge is -2.31. The third-order valence-electron chi connectivity index (χ3n) is 4.32. The maximum atomic E-state index is 12.1. The Hall–Kier alpha value is -2.15. The maximum Gasteiger partial charge on any atom is 0.317 e. The summed E-state index contributed by atoms with van der Waals surface area (Å²) in [6.45, 7) is 5.47. The number of para-hydroxylation sites is 1. The Bertz CT molecular complexity index is 723. The van der Waals surface area contributed by atoms with Gasteiger partial charge in [-0.25, -0.2) is 4.79 Å². The number of urea groups is 1. The molecule has 1 aromatic heterocycles. The molecule has 1 N–H and O–H groups in total. The molecule has 0 radical (unpaired) electrons. The normalized spacial score (nSPS) is 15.4. The van der Waals surface area contributed by atoms with Gasteiger partial charge in [-0.2, -0.15) is 0 Å². The Morgan fingerprint density at radius 1 is 1.28 bits per heavy atom. The summed E-state index contributed by atoms with van der Waals surface area (Å²) in [4.78, 5) is 14.0. The number of benzene rings is 1. The number of carbonyl (C=O) groups excluding carboxylic acids is 1. The number of amides is 2. The van der Waals surface area contributed by atoms with E-state index in [0.29, 0.717) is 5.92 Å². The lowest BCUT2D eigenvalue weighted by molar-refractivity contribution is 0.179. The highest BCUT2D eigenvalue weighted by Gasteiger charge is 2.26. The first kappa shape index (κ1) is 17.7. The van der Waals surface area contributed by atoms with Gasteiger partial charge in [-0.1, -0.05) is 23.5 Å². The molecule has 1 aromatic carbocycles. The van der Waals surface area contributed by atoms with Crippen molar-refractivity contribution in [2.24, 2.45) is 0 Å². The zero-order chi connectivity index (χ0) is 17.8. The summed E-state index contributed by atoms with van der Waals surface area (Å²) >= 11 is 1.62. The van der Waals surface area contributed by atoms with Gasteiger partial charge in [0.1, 0.15) is 10.8 Å². The van der Waals surface area contributed by atoms with Crippen molar-refractivity contribution in [3.05, 3.63) is 29.3 Å². The van der Waals surface area contributed by atoms with Crippen LogP contribution in [0.2, 0.25) is 0 Å². The van der Waals surface area contributed by atoms with E-state index in [1.54, 1.807) is 18.4 Å². The van der Waals surface area contributed by atoms with Crippen molar-refractivity contribution in [1.82, 2.24) is 20.4 Å². The predicted octanol–water partition coefficient (Wildman–Crippen LogP) is 3.51. The minimum Gasteiger partial charge on any atom is -0.496 e. The molecule has 2 amide bonds. The molecule has 1 fully saturated rings. The first-order chi connectivity index (χ1) is 12.1. The van der Waals surface area contributed by atoms with Crippen molar-refractivity contribution in [1.29, 1.82) is 0 Å². The molecule has 25 heavy (non-hydrogen) atoms. The number of nitrogens with one attached hydrogen (secondary N) is 1. The summed E-state index contributed by atoms with van der Waals surface area (Å²) in [5, 5.41) is 13.6. The molecule has 3 rings (SSSR count). The van der Waals surface area contributed by atoms with E-state index in [4.69, 9.17) is 4.74 Å². The number of hydrogen-bond donors (Lipinski definition) is 1. The number of rotatable bonds is 4. The number of likely N-dealkylation sites (tertiary alicyclic amines) is 1. The molecule has 1 saturated heterocycles. The quantitative estimate of drug-likeness (QED) is 0.906. The van der Waals surface area contributed by atoms with Crippen molar-refractivity contribution in [2.45, 2.75) is 38.6 Å². The van der Waals surface area contributed by atoms with Crippen LogP contribution in [0.25, 0.3) is 10.6 Å². The Morgan fingerprint density at radius 2 is 2.00 bits per heavy atom. The predicted molar refractivity (Wildman–Crippen MR) is 99.1 cm³/mol. The molecule has 0 saturated carbocycles. The number of aromatic nitrogens is 2. The van der Waals surface area contributed by atoms with Crippen molar-refractivity contribution >= 4 is 17.4 Å². The van der Waals surface area contributed by atoms with Crippen LogP contribution in [0.5, 0.6) is 5.75 Å². The molecule has 0 bridgehead atoms. The molecule has 0 atom stereocenters. The first-order valence-corrected chi connectivity index (χ1v) is 9.42. The van der Waals surface area contributed by atoms with Crippen LogP contribution in [0.4, 0.5) is 4.79 Å². The van der Waals surface area contributed by atoms with Crippen LogP contribution in [-0.2, 0) is 0 Å². The van der Waals surface area contributed by atoms with Gasteiger partial charge in [0.25, 0.3) is 0 Å². The van der Waals surface area contributed by atoms with Crippen LogP contribution in [0, 0.1) is 0 Å². The average molecular weight is 360 g/mol. The smallest absolute Gasteiger partial charge is 0.317 e. The lowest BCUT2D eigenvalue weighted by Crippen LogP contribution is -2.46. The second-order valence-corrected chi connectivity index (χ2v) is 7.52. The summed E-state index contributed by atoms with van der Waals surface area (Å²) in [5.41, 5.74) is 0.975. The topological polar surface area (TPSA) is 67.4 Å². The first-order valence-electron chi connectivity index (χ1n) is 8.60. The Labute approximate surface area is 152 Å². The van der Waals surface area contributed by atoms with Crippen LogP contribution < -0.4 is 10.1 Å². The van der Waals surface area contributed by atoms with E-state index in [-0.39, 0.29) is 12.1 Å². The summed E-state index contributed by atoms with van der Waals surface area (Å²) in [5.74, 6) is 1.18. The molecule has 6 nitrogen and oxygen atoms in total. The number of ether oxygens (including phenoxy) is 1. The van der Waals surface area contributed by atoms with Crippen LogP contribution in [-0.4, -0.2) is 47.4 Å². The van der Waals surface area contributed by atoms with Crippen LogP contribution in [0.1, 0.15) is 37.6 Å². The van der Waals surface area contributed by atoms with Crippen LogP contribution in [0.15, 0.2) is 24.3 Å². The summed E-state index contributed by atoms with van der Waals surface area (Å²) in [6.07, 6.45) is 1.85. The fourth-order valence-electron chi connectivity index (χ4n) is 3.00. The number of nitrogens with zero attached hydrogens (tertiary/aromatic N) is 3. The largest absolute Gasteiger partial charge is 0.496 e. The molecule has 1 aliphatic heterocycles. The van der Waals surface area contributed by atoms with E-state index in [1.165, 1.54) is 0 Å². The van der Waals surface area contributed by atoms with E-state index >= 15 is 0 Å². The highest BCUT2D eigenvalue weighted by molar-refractivity contribution is 7.14. The van der Waals surface area contributed by atoms with Gasteiger partial charge in [0.2, 0.25) is 0 Å².